The molecule has 0 atom stereocenters. The molecular weight excluding hydrogens is 256 g/mol. The van der Waals surface area contributed by atoms with Crippen molar-refractivity contribution in [2.75, 3.05) is 0 Å². The molecule has 20 heavy (non-hydrogen) atoms. The molecule has 2 aromatic carbocycles. The fourth-order valence-electron chi connectivity index (χ4n) is 2.41. The SMILES string of the molecule is O=C1NC(O)NC(=O)C1Cc1ccc2ccccc2c1. The molecule has 102 valence electrons. The Morgan fingerprint density at radius 1 is 0.950 bits per heavy atom. The lowest BCUT2D eigenvalue weighted by Crippen LogP contribution is -2.59. The summed E-state index contributed by atoms with van der Waals surface area (Å²) in [5.74, 6) is -1.71. The standard InChI is InChI=1S/C15H14N2O3/c18-13-12(14(19)17-15(20)16-13)8-9-5-6-10-3-1-2-4-11(10)7-9/h1-7,12,15,20H,8H2,(H,16,18)(H,17,19). The minimum atomic E-state index is -1.29. The van der Waals surface area contributed by atoms with E-state index in [0.717, 1.165) is 16.3 Å². The number of nitrogens with one attached hydrogen (secondary N) is 2. The van der Waals surface area contributed by atoms with E-state index in [-0.39, 0.29) is 0 Å². The smallest absolute Gasteiger partial charge is 0.236 e. The third-order valence-electron chi connectivity index (χ3n) is 3.44. The largest absolute Gasteiger partial charge is 0.356 e. The number of amides is 2. The fourth-order valence-corrected chi connectivity index (χ4v) is 2.41. The first-order chi connectivity index (χ1) is 9.63. The Balaban J connectivity index is 1.85. The molecule has 2 aromatic rings. The van der Waals surface area contributed by atoms with Crippen LogP contribution >= 0.6 is 0 Å². The van der Waals surface area contributed by atoms with Crippen LogP contribution < -0.4 is 10.6 Å². The van der Waals surface area contributed by atoms with Crippen molar-refractivity contribution in [2.45, 2.75) is 12.8 Å². The average Bonchev–Trinajstić information content (AvgIpc) is 2.42. The van der Waals surface area contributed by atoms with Gasteiger partial charge in [-0.15, -0.1) is 0 Å². The minimum Gasteiger partial charge on any atom is -0.356 e. The van der Waals surface area contributed by atoms with E-state index in [1.807, 2.05) is 42.5 Å². The summed E-state index contributed by atoms with van der Waals surface area (Å²) in [5, 5.41) is 16.0. The van der Waals surface area contributed by atoms with Gasteiger partial charge < -0.3 is 15.7 Å². The number of aliphatic hydroxyl groups excluding tert-OH is 1. The van der Waals surface area contributed by atoms with Gasteiger partial charge in [0.25, 0.3) is 0 Å². The topological polar surface area (TPSA) is 78.4 Å². The van der Waals surface area contributed by atoms with Crippen LogP contribution in [0.5, 0.6) is 0 Å². The Labute approximate surface area is 115 Å². The first-order valence-electron chi connectivity index (χ1n) is 6.40. The normalized spacial score (nSPS) is 22.4. The maximum atomic E-state index is 11.8. The maximum Gasteiger partial charge on any atom is 0.236 e. The first kappa shape index (κ1) is 12.6. The second-order valence-electron chi connectivity index (χ2n) is 4.86. The lowest BCUT2D eigenvalue weighted by molar-refractivity contribution is -0.145. The summed E-state index contributed by atoms with van der Waals surface area (Å²) >= 11 is 0. The molecule has 1 saturated heterocycles. The number of rotatable bonds is 2. The van der Waals surface area contributed by atoms with Crippen LogP contribution in [-0.4, -0.2) is 23.3 Å². The minimum absolute atomic E-state index is 0.315. The van der Waals surface area contributed by atoms with Crippen LogP contribution in [0.2, 0.25) is 0 Å². The fraction of sp³-hybridized carbons (Fsp3) is 0.200. The molecule has 0 unspecified atom stereocenters. The third-order valence-corrected chi connectivity index (χ3v) is 3.44. The van der Waals surface area contributed by atoms with Gasteiger partial charge in [0.15, 0.2) is 0 Å². The molecule has 3 rings (SSSR count). The van der Waals surface area contributed by atoms with E-state index in [1.54, 1.807) is 0 Å². The Kier molecular flexibility index (Phi) is 3.12. The van der Waals surface area contributed by atoms with E-state index in [2.05, 4.69) is 10.6 Å². The van der Waals surface area contributed by atoms with Crippen molar-refractivity contribution in [3.63, 3.8) is 0 Å². The first-order valence-corrected chi connectivity index (χ1v) is 6.40. The highest BCUT2D eigenvalue weighted by Crippen LogP contribution is 2.19. The Morgan fingerprint density at radius 3 is 2.30 bits per heavy atom. The van der Waals surface area contributed by atoms with E-state index in [0.29, 0.717) is 6.42 Å². The molecule has 5 heteroatoms. The summed E-state index contributed by atoms with van der Waals surface area (Å²) in [6, 6.07) is 13.8. The highest BCUT2D eigenvalue weighted by molar-refractivity contribution is 6.02. The van der Waals surface area contributed by atoms with Gasteiger partial charge >= 0.3 is 0 Å². The number of hydrogen-bond donors (Lipinski definition) is 3. The summed E-state index contributed by atoms with van der Waals surface area (Å²) in [5.41, 5.74) is 0.912. The number of hydrogen-bond acceptors (Lipinski definition) is 3. The van der Waals surface area contributed by atoms with Crippen molar-refractivity contribution in [3.05, 3.63) is 48.0 Å². The van der Waals surface area contributed by atoms with Crippen LogP contribution in [0.1, 0.15) is 5.56 Å². The lowest BCUT2D eigenvalue weighted by atomic mass is 9.95. The highest BCUT2D eigenvalue weighted by atomic mass is 16.3. The molecule has 0 radical (unpaired) electrons. The van der Waals surface area contributed by atoms with E-state index in [4.69, 9.17) is 0 Å². The molecule has 1 fully saturated rings. The predicted octanol–water partition coefficient (Wildman–Crippen LogP) is 0.520. The number of fused-ring (bicyclic) bond motifs is 1. The zero-order chi connectivity index (χ0) is 14.1. The van der Waals surface area contributed by atoms with Crippen molar-refractivity contribution in [3.8, 4) is 0 Å². The molecule has 0 bridgehead atoms. The van der Waals surface area contributed by atoms with Crippen LogP contribution in [0.3, 0.4) is 0 Å². The molecular formula is C15H14N2O3. The van der Waals surface area contributed by atoms with Crippen molar-refractivity contribution in [1.29, 1.82) is 0 Å². The molecule has 1 heterocycles. The number of carbonyl (C=O) groups excluding carboxylic acids is 2. The Morgan fingerprint density at radius 2 is 1.60 bits per heavy atom. The summed E-state index contributed by atoms with van der Waals surface area (Å²) in [6.45, 7) is 0. The average molecular weight is 270 g/mol. The van der Waals surface area contributed by atoms with Gasteiger partial charge in [0.05, 0.1) is 0 Å². The zero-order valence-electron chi connectivity index (χ0n) is 10.7. The van der Waals surface area contributed by atoms with Crippen LogP contribution in [0.15, 0.2) is 42.5 Å². The van der Waals surface area contributed by atoms with Gasteiger partial charge in [0, 0.05) is 0 Å². The lowest BCUT2D eigenvalue weighted by Gasteiger charge is -2.26. The van der Waals surface area contributed by atoms with Crippen LogP contribution in [0.25, 0.3) is 10.8 Å². The molecule has 1 aliphatic heterocycles. The van der Waals surface area contributed by atoms with Crippen molar-refractivity contribution < 1.29 is 14.7 Å². The van der Waals surface area contributed by atoms with Crippen LogP contribution in [0, 0.1) is 5.92 Å². The zero-order valence-corrected chi connectivity index (χ0v) is 10.7. The molecule has 0 spiro atoms. The Bertz CT molecular complexity index is 666. The molecule has 5 nitrogen and oxygen atoms in total. The van der Waals surface area contributed by atoms with Gasteiger partial charge in [-0.05, 0) is 22.8 Å². The predicted molar refractivity (Wildman–Crippen MR) is 73.4 cm³/mol. The monoisotopic (exact) mass is 270 g/mol. The van der Waals surface area contributed by atoms with Gasteiger partial charge in [-0.1, -0.05) is 42.5 Å². The van der Waals surface area contributed by atoms with E-state index in [9.17, 15) is 14.7 Å². The second-order valence-corrected chi connectivity index (χ2v) is 4.86. The van der Waals surface area contributed by atoms with Crippen molar-refractivity contribution >= 4 is 22.6 Å². The van der Waals surface area contributed by atoms with Crippen molar-refractivity contribution in [1.82, 2.24) is 10.6 Å². The number of benzene rings is 2. The van der Waals surface area contributed by atoms with Gasteiger partial charge in [0.1, 0.15) is 5.92 Å². The molecule has 0 aliphatic carbocycles. The second kappa shape index (κ2) is 4.94. The quantitative estimate of drug-likeness (QED) is 0.696. The number of aliphatic hydroxyl groups is 1. The van der Waals surface area contributed by atoms with Gasteiger partial charge in [0.2, 0.25) is 18.2 Å². The third kappa shape index (κ3) is 2.35. The Hall–Kier alpha value is -2.40. The molecule has 2 amide bonds. The molecule has 1 aliphatic rings. The molecule has 0 aromatic heterocycles. The van der Waals surface area contributed by atoms with E-state index >= 15 is 0 Å². The summed E-state index contributed by atoms with van der Waals surface area (Å²) in [6.07, 6.45) is -0.974. The summed E-state index contributed by atoms with van der Waals surface area (Å²) in [4.78, 5) is 23.5. The van der Waals surface area contributed by atoms with Gasteiger partial charge in [-0.2, -0.15) is 0 Å². The van der Waals surface area contributed by atoms with Gasteiger partial charge in [-0.25, -0.2) is 0 Å². The van der Waals surface area contributed by atoms with Crippen LogP contribution in [-0.2, 0) is 16.0 Å². The molecule has 3 N–H and O–H groups in total. The van der Waals surface area contributed by atoms with Crippen molar-refractivity contribution in [2.24, 2.45) is 5.92 Å². The highest BCUT2D eigenvalue weighted by Gasteiger charge is 2.33. The summed E-state index contributed by atoms with van der Waals surface area (Å²) < 4.78 is 0. The van der Waals surface area contributed by atoms with Crippen LogP contribution in [0.4, 0.5) is 0 Å². The van der Waals surface area contributed by atoms with E-state index < -0.39 is 24.1 Å². The van der Waals surface area contributed by atoms with E-state index in [1.165, 1.54) is 0 Å². The summed E-state index contributed by atoms with van der Waals surface area (Å²) in [7, 11) is 0. The molecule has 0 saturated carbocycles. The van der Waals surface area contributed by atoms with Gasteiger partial charge in [-0.3, -0.25) is 9.59 Å². The number of carbonyl (C=O) groups is 2. The maximum absolute atomic E-state index is 11.8.